The minimum Gasteiger partial charge on any atom is -0.330 e. The largest absolute Gasteiger partial charge is 0.330 e. The van der Waals surface area contributed by atoms with Crippen molar-refractivity contribution in [3.63, 3.8) is 0 Å². The van der Waals surface area contributed by atoms with Crippen molar-refractivity contribution in [1.29, 1.82) is 0 Å². The highest BCUT2D eigenvalue weighted by molar-refractivity contribution is 5.75. The summed E-state index contributed by atoms with van der Waals surface area (Å²) in [5.74, 6) is 1.21. The van der Waals surface area contributed by atoms with Crippen molar-refractivity contribution in [3.8, 4) is 0 Å². The molecule has 3 nitrogen and oxygen atoms in total. The molecule has 0 saturated heterocycles. The monoisotopic (exact) mass is 259 g/mol. The van der Waals surface area contributed by atoms with E-state index in [0.717, 1.165) is 37.9 Å². The quantitative estimate of drug-likeness (QED) is 0.864. The first-order valence-electron chi connectivity index (χ1n) is 7.21. The molecule has 3 heteroatoms. The van der Waals surface area contributed by atoms with Gasteiger partial charge < -0.3 is 10.3 Å². The van der Waals surface area contributed by atoms with Gasteiger partial charge in [0.05, 0.1) is 11.0 Å². The van der Waals surface area contributed by atoms with E-state index >= 15 is 0 Å². The molecule has 0 bridgehead atoms. The van der Waals surface area contributed by atoms with Crippen LogP contribution in [0.25, 0.3) is 11.0 Å². The van der Waals surface area contributed by atoms with Crippen LogP contribution in [0.15, 0.2) is 24.3 Å². The second kappa shape index (κ2) is 5.74. The number of aromatic nitrogens is 2. The van der Waals surface area contributed by atoms with Crippen LogP contribution >= 0.6 is 0 Å². The van der Waals surface area contributed by atoms with Crippen LogP contribution in [0.1, 0.15) is 39.4 Å². The standard InChI is InChI=1S/C16H25N3/c1-4-7-15-18-13-8-5-6-9-14(13)19(15)11-10-16(2,3)12-17/h5-6,8-9H,4,7,10-12,17H2,1-3H3. The summed E-state index contributed by atoms with van der Waals surface area (Å²) >= 11 is 0. The second-order valence-electron chi connectivity index (χ2n) is 6.04. The smallest absolute Gasteiger partial charge is 0.109 e. The topological polar surface area (TPSA) is 43.8 Å². The van der Waals surface area contributed by atoms with E-state index in [9.17, 15) is 0 Å². The maximum absolute atomic E-state index is 5.83. The van der Waals surface area contributed by atoms with Gasteiger partial charge in [0.2, 0.25) is 0 Å². The van der Waals surface area contributed by atoms with Crippen LogP contribution < -0.4 is 5.73 Å². The normalized spacial score (nSPS) is 12.2. The summed E-state index contributed by atoms with van der Waals surface area (Å²) in [6.07, 6.45) is 3.25. The SMILES string of the molecule is CCCc1nc2ccccc2n1CCC(C)(C)CN. The Kier molecular flexibility index (Phi) is 4.25. The van der Waals surface area contributed by atoms with Crippen molar-refractivity contribution < 1.29 is 0 Å². The van der Waals surface area contributed by atoms with E-state index in [4.69, 9.17) is 10.7 Å². The van der Waals surface area contributed by atoms with Gasteiger partial charge in [0.25, 0.3) is 0 Å². The van der Waals surface area contributed by atoms with Crippen LogP contribution in [0.4, 0.5) is 0 Å². The summed E-state index contributed by atoms with van der Waals surface area (Å²) in [6.45, 7) is 8.38. The lowest BCUT2D eigenvalue weighted by Gasteiger charge is -2.23. The van der Waals surface area contributed by atoms with E-state index in [1.807, 2.05) is 0 Å². The molecule has 0 atom stereocenters. The molecule has 2 rings (SSSR count). The average Bonchev–Trinajstić information content (AvgIpc) is 2.74. The molecule has 1 aromatic carbocycles. The van der Waals surface area contributed by atoms with E-state index in [-0.39, 0.29) is 5.41 Å². The lowest BCUT2D eigenvalue weighted by Crippen LogP contribution is -2.25. The maximum atomic E-state index is 5.83. The Morgan fingerprint density at radius 2 is 2.00 bits per heavy atom. The van der Waals surface area contributed by atoms with E-state index in [2.05, 4.69) is 49.6 Å². The molecule has 0 fully saturated rings. The van der Waals surface area contributed by atoms with Gasteiger partial charge in [-0.05, 0) is 36.9 Å². The van der Waals surface area contributed by atoms with Crippen LogP contribution in [-0.2, 0) is 13.0 Å². The van der Waals surface area contributed by atoms with Gasteiger partial charge in [-0.2, -0.15) is 0 Å². The fourth-order valence-corrected chi connectivity index (χ4v) is 2.31. The molecule has 0 amide bonds. The maximum Gasteiger partial charge on any atom is 0.109 e. The zero-order valence-electron chi connectivity index (χ0n) is 12.3. The predicted octanol–water partition coefficient (Wildman–Crippen LogP) is 3.36. The Morgan fingerprint density at radius 3 is 2.68 bits per heavy atom. The average molecular weight is 259 g/mol. The number of fused-ring (bicyclic) bond motifs is 1. The highest BCUT2D eigenvalue weighted by Crippen LogP contribution is 2.23. The van der Waals surface area contributed by atoms with Crippen LogP contribution in [0, 0.1) is 5.41 Å². The Hall–Kier alpha value is -1.35. The molecule has 1 aromatic heterocycles. The van der Waals surface area contributed by atoms with E-state index < -0.39 is 0 Å². The highest BCUT2D eigenvalue weighted by Gasteiger charge is 2.17. The predicted molar refractivity (Wildman–Crippen MR) is 81.2 cm³/mol. The summed E-state index contributed by atoms with van der Waals surface area (Å²) < 4.78 is 2.37. The third-order valence-corrected chi connectivity index (χ3v) is 3.77. The minimum absolute atomic E-state index is 0.189. The zero-order valence-corrected chi connectivity index (χ0v) is 12.3. The molecular formula is C16H25N3. The number of aryl methyl sites for hydroxylation is 2. The number of nitrogens with zero attached hydrogens (tertiary/aromatic N) is 2. The van der Waals surface area contributed by atoms with E-state index in [0.29, 0.717) is 0 Å². The van der Waals surface area contributed by atoms with Gasteiger partial charge in [0.15, 0.2) is 0 Å². The van der Waals surface area contributed by atoms with Crippen molar-refractivity contribution in [2.75, 3.05) is 6.54 Å². The summed E-state index contributed by atoms with van der Waals surface area (Å²) in [4.78, 5) is 4.76. The summed E-state index contributed by atoms with van der Waals surface area (Å²) in [5, 5.41) is 0. The van der Waals surface area contributed by atoms with Crippen molar-refractivity contribution in [3.05, 3.63) is 30.1 Å². The van der Waals surface area contributed by atoms with Crippen LogP contribution in [0.5, 0.6) is 0 Å². The number of rotatable bonds is 6. The fraction of sp³-hybridized carbons (Fsp3) is 0.562. The molecule has 0 unspecified atom stereocenters. The number of nitrogens with two attached hydrogens (primary N) is 1. The molecule has 0 aliphatic rings. The Balaban J connectivity index is 2.31. The van der Waals surface area contributed by atoms with Gasteiger partial charge in [-0.3, -0.25) is 0 Å². The molecule has 0 aliphatic heterocycles. The van der Waals surface area contributed by atoms with Gasteiger partial charge in [-0.15, -0.1) is 0 Å². The third-order valence-electron chi connectivity index (χ3n) is 3.77. The number of benzene rings is 1. The van der Waals surface area contributed by atoms with Crippen molar-refractivity contribution in [1.82, 2.24) is 9.55 Å². The van der Waals surface area contributed by atoms with E-state index in [1.54, 1.807) is 0 Å². The first-order valence-corrected chi connectivity index (χ1v) is 7.21. The van der Waals surface area contributed by atoms with Crippen molar-refractivity contribution >= 4 is 11.0 Å². The second-order valence-corrected chi connectivity index (χ2v) is 6.04. The molecule has 2 N–H and O–H groups in total. The number of hydrogen-bond acceptors (Lipinski definition) is 2. The molecule has 19 heavy (non-hydrogen) atoms. The zero-order chi connectivity index (χ0) is 13.9. The number of hydrogen-bond donors (Lipinski definition) is 1. The molecular weight excluding hydrogens is 234 g/mol. The molecule has 1 heterocycles. The fourth-order valence-electron chi connectivity index (χ4n) is 2.31. The summed E-state index contributed by atoms with van der Waals surface area (Å²) in [6, 6.07) is 8.40. The van der Waals surface area contributed by atoms with Crippen LogP contribution in [-0.4, -0.2) is 16.1 Å². The van der Waals surface area contributed by atoms with E-state index in [1.165, 1.54) is 11.3 Å². The van der Waals surface area contributed by atoms with Gasteiger partial charge in [-0.25, -0.2) is 4.98 Å². The summed E-state index contributed by atoms with van der Waals surface area (Å²) in [7, 11) is 0. The van der Waals surface area contributed by atoms with Crippen molar-refractivity contribution in [2.24, 2.45) is 11.1 Å². The van der Waals surface area contributed by atoms with Crippen molar-refractivity contribution in [2.45, 2.75) is 46.6 Å². The third kappa shape index (κ3) is 3.16. The molecule has 0 radical (unpaired) electrons. The molecule has 0 spiro atoms. The molecule has 0 saturated carbocycles. The lowest BCUT2D eigenvalue weighted by atomic mass is 9.89. The van der Waals surface area contributed by atoms with Crippen LogP contribution in [0.2, 0.25) is 0 Å². The first-order chi connectivity index (χ1) is 9.07. The number of para-hydroxylation sites is 2. The summed E-state index contributed by atoms with van der Waals surface area (Å²) in [5.41, 5.74) is 8.38. The van der Waals surface area contributed by atoms with Crippen LogP contribution in [0.3, 0.4) is 0 Å². The number of imidazole rings is 1. The Morgan fingerprint density at radius 1 is 1.26 bits per heavy atom. The minimum atomic E-state index is 0.189. The Bertz CT molecular complexity index is 540. The van der Waals surface area contributed by atoms with Gasteiger partial charge >= 0.3 is 0 Å². The molecule has 0 aliphatic carbocycles. The highest BCUT2D eigenvalue weighted by atomic mass is 15.1. The Labute approximate surface area is 115 Å². The molecule has 2 aromatic rings. The molecule has 104 valence electrons. The van der Waals surface area contributed by atoms with Gasteiger partial charge in [0, 0.05) is 13.0 Å². The lowest BCUT2D eigenvalue weighted by molar-refractivity contribution is 0.324. The van der Waals surface area contributed by atoms with Gasteiger partial charge in [-0.1, -0.05) is 32.9 Å². The first kappa shape index (κ1) is 14.1. The van der Waals surface area contributed by atoms with Gasteiger partial charge in [0.1, 0.15) is 5.82 Å².